The van der Waals surface area contributed by atoms with E-state index in [1.807, 2.05) is 0 Å². The maximum Gasteiger partial charge on any atom is 0.254 e. The third-order valence-corrected chi connectivity index (χ3v) is 3.09. The Bertz CT molecular complexity index is 397. The van der Waals surface area contributed by atoms with Crippen LogP contribution in [0, 0.1) is 0 Å². The fourth-order valence-corrected chi connectivity index (χ4v) is 2.22. The van der Waals surface area contributed by atoms with Crippen molar-refractivity contribution in [1.82, 2.24) is 9.88 Å². The Morgan fingerprint density at radius 1 is 1.62 bits per heavy atom. The Morgan fingerprint density at radius 2 is 2.44 bits per heavy atom. The second kappa shape index (κ2) is 4.93. The summed E-state index contributed by atoms with van der Waals surface area (Å²) >= 11 is 3.24. The number of aliphatic hydroxyl groups excluding tert-OH is 1. The van der Waals surface area contributed by atoms with Crippen molar-refractivity contribution >= 4 is 21.8 Å². The van der Waals surface area contributed by atoms with Crippen LogP contribution in [0.5, 0.6) is 0 Å². The number of aromatic nitrogens is 1. The molecule has 1 fully saturated rings. The predicted molar refractivity (Wildman–Crippen MR) is 63.1 cm³/mol. The van der Waals surface area contributed by atoms with Crippen molar-refractivity contribution in [2.75, 3.05) is 13.1 Å². The standard InChI is InChI=1S/C11H13BrN2O2/c12-10-6-8(3-4-13-10)11(16)14-5-1-2-9(15)7-14/h3-4,6,9,15H,1-2,5,7H2. The average Bonchev–Trinajstić information content (AvgIpc) is 2.28. The predicted octanol–water partition coefficient (Wildman–Crippen LogP) is 1.44. The van der Waals surface area contributed by atoms with Gasteiger partial charge in [-0.1, -0.05) is 0 Å². The zero-order chi connectivity index (χ0) is 11.5. The molecule has 0 aliphatic carbocycles. The Kier molecular flexibility index (Phi) is 3.56. The van der Waals surface area contributed by atoms with Crippen LogP contribution in [0.2, 0.25) is 0 Å². The topological polar surface area (TPSA) is 53.4 Å². The maximum absolute atomic E-state index is 12.1. The second-order valence-electron chi connectivity index (χ2n) is 3.91. The number of nitrogens with zero attached hydrogens (tertiary/aromatic N) is 2. The molecule has 1 aromatic heterocycles. The molecule has 1 amide bonds. The first-order valence-corrected chi connectivity index (χ1v) is 6.05. The van der Waals surface area contributed by atoms with Crippen LogP contribution in [0.3, 0.4) is 0 Å². The van der Waals surface area contributed by atoms with Crippen molar-refractivity contribution in [1.29, 1.82) is 0 Å². The lowest BCUT2D eigenvalue weighted by Crippen LogP contribution is -2.42. The van der Waals surface area contributed by atoms with E-state index in [2.05, 4.69) is 20.9 Å². The van der Waals surface area contributed by atoms with Gasteiger partial charge < -0.3 is 10.0 Å². The van der Waals surface area contributed by atoms with Gasteiger partial charge in [0.2, 0.25) is 0 Å². The molecule has 0 spiro atoms. The molecule has 4 nitrogen and oxygen atoms in total. The van der Waals surface area contributed by atoms with Gasteiger partial charge in [-0.15, -0.1) is 0 Å². The molecule has 1 aliphatic rings. The van der Waals surface area contributed by atoms with Gasteiger partial charge in [0.1, 0.15) is 4.60 Å². The minimum absolute atomic E-state index is 0.0400. The van der Waals surface area contributed by atoms with Gasteiger partial charge in [-0.05, 0) is 40.9 Å². The van der Waals surface area contributed by atoms with E-state index in [1.54, 1.807) is 23.2 Å². The van der Waals surface area contributed by atoms with Crippen LogP contribution in [-0.4, -0.2) is 40.1 Å². The van der Waals surface area contributed by atoms with E-state index < -0.39 is 0 Å². The lowest BCUT2D eigenvalue weighted by atomic mass is 10.1. The van der Waals surface area contributed by atoms with Crippen molar-refractivity contribution in [3.63, 3.8) is 0 Å². The summed E-state index contributed by atoms with van der Waals surface area (Å²) in [7, 11) is 0. The summed E-state index contributed by atoms with van der Waals surface area (Å²) in [5.41, 5.74) is 0.607. The first-order valence-electron chi connectivity index (χ1n) is 5.26. The largest absolute Gasteiger partial charge is 0.391 e. The third-order valence-electron chi connectivity index (χ3n) is 2.66. The van der Waals surface area contributed by atoms with Gasteiger partial charge in [0.05, 0.1) is 6.10 Å². The molecule has 86 valence electrons. The number of hydrogen-bond donors (Lipinski definition) is 1. The van der Waals surface area contributed by atoms with Crippen molar-refractivity contribution in [3.8, 4) is 0 Å². The Labute approximate surface area is 102 Å². The molecule has 16 heavy (non-hydrogen) atoms. The normalized spacial score (nSPS) is 20.9. The fourth-order valence-electron chi connectivity index (χ4n) is 1.86. The smallest absolute Gasteiger partial charge is 0.254 e. The summed E-state index contributed by atoms with van der Waals surface area (Å²) in [6.45, 7) is 1.15. The highest BCUT2D eigenvalue weighted by Gasteiger charge is 2.22. The first-order chi connectivity index (χ1) is 7.66. The zero-order valence-electron chi connectivity index (χ0n) is 8.77. The molecule has 1 N–H and O–H groups in total. The highest BCUT2D eigenvalue weighted by molar-refractivity contribution is 9.10. The lowest BCUT2D eigenvalue weighted by molar-refractivity contribution is 0.0473. The van der Waals surface area contributed by atoms with Gasteiger partial charge in [-0.2, -0.15) is 0 Å². The maximum atomic E-state index is 12.1. The van der Waals surface area contributed by atoms with E-state index in [4.69, 9.17) is 0 Å². The average molecular weight is 285 g/mol. The minimum atomic E-state index is -0.386. The fraction of sp³-hybridized carbons (Fsp3) is 0.455. The summed E-state index contributed by atoms with van der Waals surface area (Å²) < 4.78 is 0.649. The second-order valence-corrected chi connectivity index (χ2v) is 4.73. The van der Waals surface area contributed by atoms with Crippen LogP contribution in [0.25, 0.3) is 0 Å². The van der Waals surface area contributed by atoms with Crippen LogP contribution < -0.4 is 0 Å². The molecule has 0 saturated carbocycles. The van der Waals surface area contributed by atoms with Crippen molar-refractivity contribution in [2.45, 2.75) is 18.9 Å². The Morgan fingerprint density at radius 3 is 3.12 bits per heavy atom. The summed E-state index contributed by atoms with van der Waals surface area (Å²) in [4.78, 5) is 17.7. The van der Waals surface area contributed by atoms with Crippen LogP contribution in [0.15, 0.2) is 22.9 Å². The van der Waals surface area contributed by atoms with E-state index in [9.17, 15) is 9.90 Å². The van der Waals surface area contributed by atoms with Gasteiger partial charge in [-0.3, -0.25) is 4.79 Å². The summed E-state index contributed by atoms with van der Waals surface area (Å²) in [5.74, 6) is -0.0400. The summed E-state index contributed by atoms with van der Waals surface area (Å²) in [6.07, 6.45) is 2.85. The number of halogens is 1. The van der Waals surface area contributed by atoms with Crippen molar-refractivity contribution in [3.05, 3.63) is 28.5 Å². The van der Waals surface area contributed by atoms with Gasteiger partial charge in [0.25, 0.3) is 5.91 Å². The molecular formula is C11H13BrN2O2. The molecule has 0 aromatic carbocycles. The molecule has 0 radical (unpaired) electrons. The molecule has 5 heteroatoms. The molecule has 1 aromatic rings. The summed E-state index contributed by atoms with van der Waals surface area (Å²) in [5, 5.41) is 9.51. The van der Waals surface area contributed by atoms with Gasteiger partial charge in [-0.25, -0.2) is 4.98 Å². The van der Waals surface area contributed by atoms with Gasteiger partial charge in [0, 0.05) is 24.8 Å². The number of β-amino-alcohol motifs (C(OH)–C–C–N with tert-alkyl or cyclic N) is 1. The highest BCUT2D eigenvalue weighted by atomic mass is 79.9. The number of likely N-dealkylation sites (tertiary alicyclic amines) is 1. The number of piperidine rings is 1. The molecule has 0 bridgehead atoms. The molecule has 1 saturated heterocycles. The molecular weight excluding hydrogens is 272 g/mol. The van der Waals surface area contributed by atoms with Crippen molar-refractivity contribution in [2.24, 2.45) is 0 Å². The number of aliphatic hydroxyl groups is 1. The molecule has 1 aliphatic heterocycles. The third kappa shape index (κ3) is 2.59. The van der Waals surface area contributed by atoms with Crippen LogP contribution >= 0.6 is 15.9 Å². The Balaban J connectivity index is 2.12. The van der Waals surface area contributed by atoms with Crippen LogP contribution in [0.4, 0.5) is 0 Å². The number of rotatable bonds is 1. The SMILES string of the molecule is O=C(c1ccnc(Br)c1)N1CCCC(O)C1. The van der Waals surface area contributed by atoms with E-state index in [-0.39, 0.29) is 12.0 Å². The first kappa shape index (κ1) is 11.5. The minimum Gasteiger partial charge on any atom is -0.391 e. The highest BCUT2D eigenvalue weighted by Crippen LogP contribution is 2.15. The number of amides is 1. The van der Waals surface area contributed by atoms with E-state index in [0.717, 1.165) is 19.4 Å². The molecule has 1 atom stereocenters. The van der Waals surface area contributed by atoms with E-state index in [1.165, 1.54) is 0 Å². The molecule has 2 rings (SSSR count). The van der Waals surface area contributed by atoms with E-state index >= 15 is 0 Å². The zero-order valence-corrected chi connectivity index (χ0v) is 10.4. The monoisotopic (exact) mass is 284 g/mol. The van der Waals surface area contributed by atoms with E-state index in [0.29, 0.717) is 16.7 Å². The quantitative estimate of drug-likeness (QED) is 0.794. The molecule has 2 heterocycles. The Hall–Kier alpha value is -0.940. The number of pyridine rings is 1. The number of carbonyl (C=O) groups is 1. The molecule has 1 unspecified atom stereocenters. The van der Waals surface area contributed by atoms with Crippen LogP contribution in [0.1, 0.15) is 23.2 Å². The van der Waals surface area contributed by atoms with Gasteiger partial charge >= 0.3 is 0 Å². The number of hydrogen-bond acceptors (Lipinski definition) is 3. The van der Waals surface area contributed by atoms with Gasteiger partial charge in [0.15, 0.2) is 0 Å². The van der Waals surface area contributed by atoms with Crippen LogP contribution in [-0.2, 0) is 0 Å². The lowest BCUT2D eigenvalue weighted by Gasteiger charge is -2.30. The van der Waals surface area contributed by atoms with Crippen molar-refractivity contribution < 1.29 is 9.90 Å². The summed E-state index contributed by atoms with van der Waals surface area (Å²) in [6, 6.07) is 3.39. The number of carbonyl (C=O) groups excluding carboxylic acids is 1.